The molecule has 1 amide bonds. The minimum absolute atomic E-state index is 0.0248. The zero-order valence-electron chi connectivity index (χ0n) is 13.0. The van der Waals surface area contributed by atoms with E-state index in [1.54, 1.807) is 0 Å². The second-order valence-electron chi connectivity index (χ2n) is 6.41. The zero-order chi connectivity index (χ0) is 15.7. The summed E-state index contributed by atoms with van der Waals surface area (Å²) in [5.74, 6) is 0.337. The quantitative estimate of drug-likeness (QED) is 0.474. The van der Waals surface area contributed by atoms with Crippen LogP contribution in [0.3, 0.4) is 0 Å². The van der Waals surface area contributed by atoms with Crippen LogP contribution in [0.1, 0.15) is 39.5 Å². The molecule has 5 atom stereocenters. The van der Waals surface area contributed by atoms with E-state index in [9.17, 15) is 9.90 Å². The summed E-state index contributed by atoms with van der Waals surface area (Å²) in [6, 6.07) is 0. The highest BCUT2D eigenvalue weighted by Gasteiger charge is 2.72. The SMILES string of the molecule is C=C[C@H](CCCC)[C@@H](O)[C@]12CO[C@@]1(C)[C@@H](CCS)C(=O)N2. The van der Waals surface area contributed by atoms with Gasteiger partial charge in [0.1, 0.15) is 11.1 Å². The average Bonchev–Trinajstić information content (AvgIpc) is 2.61. The van der Waals surface area contributed by atoms with Crippen molar-refractivity contribution >= 4 is 18.5 Å². The molecule has 2 rings (SSSR count). The Bertz CT molecular complexity index is 416. The van der Waals surface area contributed by atoms with E-state index >= 15 is 0 Å². The maximum Gasteiger partial charge on any atom is 0.226 e. The first-order valence-electron chi connectivity index (χ1n) is 7.84. The van der Waals surface area contributed by atoms with Crippen LogP contribution in [0.4, 0.5) is 0 Å². The molecule has 0 aliphatic carbocycles. The first-order valence-corrected chi connectivity index (χ1v) is 8.47. The standard InChI is InChI=1S/C16H27NO3S/c1-4-6-7-11(5-2)13(18)16-10-20-15(16,3)12(8-9-21)14(19)17-16/h5,11-13,18,21H,2,4,6-10H2,1,3H3,(H,17,19)/t11-,12+,13-,15+,16-/m1/s1. The van der Waals surface area contributed by atoms with Gasteiger partial charge in [-0.1, -0.05) is 25.8 Å². The number of amides is 1. The number of carbonyl (C=O) groups excluding carboxylic acids is 1. The van der Waals surface area contributed by atoms with Crippen LogP contribution in [0.25, 0.3) is 0 Å². The maximum absolute atomic E-state index is 12.3. The molecule has 2 fully saturated rings. The highest BCUT2D eigenvalue weighted by Crippen LogP contribution is 2.52. The Balaban J connectivity index is 2.21. The molecule has 0 bridgehead atoms. The zero-order valence-corrected chi connectivity index (χ0v) is 13.9. The topological polar surface area (TPSA) is 58.6 Å². The molecule has 2 aliphatic rings. The van der Waals surface area contributed by atoms with Crippen molar-refractivity contribution in [2.24, 2.45) is 11.8 Å². The van der Waals surface area contributed by atoms with Crippen LogP contribution in [0, 0.1) is 11.8 Å². The predicted molar refractivity (Wildman–Crippen MR) is 86.4 cm³/mol. The number of unbranched alkanes of at least 4 members (excludes halogenated alkanes) is 1. The predicted octanol–water partition coefficient (Wildman–Crippen LogP) is 1.93. The highest BCUT2D eigenvalue weighted by molar-refractivity contribution is 7.80. The van der Waals surface area contributed by atoms with E-state index < -0.39 is 17.2 Å². The van der Waals surface area contributed by atoms with Gasteiger partial charge in [-0.2, -0.15) is 12.6 Å². The van der Waals surface area contributed by atoms with E-state index in [0.29, 0.717) is 18.8 Å². The van der Waals surface area contributed by atoms with Gasteiger partial charge in [0.05, 0.1) is 18.6 Å². The fourth-order valence-electron chi connectivity index (χ4n) is 3.78. The van der Waals surface area contributed by atoms with Crippen LogP contribution in [0.2, 0.25) is 0 Å². The highest BCUT2D eigenvalue weighted by atomic mass is 32.1. The number of hydrogen-bond donors (Lipinski definition) is 3. The van der Waals surface area contributed by atoms with Gasteiger partial charge in [0.15, 0.2) is 0 Å². The van der Waals surface area contributed by atoms with Crippen LogP contribution < -0.4 is 5.32 Å². The Morgan fingerprint density at radius 1 is 1.67 bits per heavy atom. The molecular weight excluding hydrogens is 286 g/mol. The summed E-state index contributed by atoms with van der Waals surface area (Å²) >= 11 is 4.24. The molecule has 4 nitrogen and oxygen atoms in total. The molecule has 2 aliphatic heterocycles. The Hall–Kier alpha value is -0.520. The number of ether oxygens (including phenoxy) is 1. The molecule has 2 saturated heterocycles. The lowest BCUT2D eigenvalue weighted by Crippen LogP contribution is -2.76. The molecule has 2 N–H and O–H groups in total. The third-order valence-electron chi connectivity index (χ3n) is 5.34. The van der Waals surface area contributed by atoms with Gasteiger partial charge in [0.25, 0.3) is 0 Å². The summed E-state index contributed by atoms with van der Waals surface area (Å²) in [4.78, 5) is 12.3. The lowest BCUT2D eigenvalue weighted by atomic mass is 9.65. The van der Waals surface area contributed by atoms with Crippen molar-refractivity contribution in [2.75, 3.05) is 12.4 Å². The second-order valence-corrected chi connectivity index (χ2v) is 6.86. The van der Waals surface area contributed by atoms with Crippen LogP contribution in [-0.4, -0.2) is 40.6 Å². The first kappa shape index (κ1) is 16.8. The van der Waals surface area contributed by atoms with Gasteiger partial charge in [0.2, 0.25) is 5.91 Å². The molecule has 0 aromatic rings. The fourth-order valence-corrected chi connectivity index (χ4v) is 4.04. The van der Waals surface area contributed by atoms with E-state index in [1.165, 1.54) is 0 Å². The summed E-state index contributed by atoms with van der Waals surface area (Å²) < 4.78 is 5.79. The summed E-state index contributed by atoms with van der Waals surface area (Å²) in [6.07, 6.45) is 4.81. The Labute approximate surface area is 132 Å². The number of aliphatic hydroxyl groups is 1. The molecule has 21 heavy (non-hydrogen) atoms. The van der Waals surface area contributed by atoms with Gasteiger partial charge < -0.3 is 15.2 Å². The monoisotopic (exact) mass is 313 g/mol. The van der Waals surface area contributed by atoms with Crippen LogP contribution >= 0.6 is 12.6 Å². The molecule has 0 aromatic carbocycles. The van der Waals surface area contributed by atoms with Gasteiger partial charge >= 0.3 is 0 Å². The van der Waals surface area contributed by atoms with Crippen molar-refractivity contribution < 1.29 is 14.6 Å². The van der Waals surface area contributed by atoms with Gasteiger partial charge in [0, 0.05) is 5.92 Å². The number of rotatable bonds is 8. The minimum atomic E-state index is -0.676. The van der Waals surface area contributed by atoms with Crippen molar-refractivity contribution in [3.05, 3.63) is 12.7 Å². The summed E-state index contributed by atoms with van der Waals surface area (Å²) in [6.45, 7) is 8.29. The van der Waals surface area contributed by atoms with Crippen LogP contribution in [0.15, 0.2) is 12.7 Å². The summed E-state index contributed by atoms with van der Waals surface area (Å²) in [5, 5.41) is 13.9. The molecular formula is C16H27NO3S. The van der Waals surface area contributed by atoms with Crippen molar-refractivity contribution in [3.63, 3.8) is 0 Å². The van der Waals surface area contributed by atoms with Gasteiger partial charge in [-0.15, -0.1) is 6.58 Å². The molecule has 0 radical (unpaired) electrons. The number of thiol groups is 1. The summed E-state index contributed by atoms with van der Waals surface area (Å²) in [5.41, 5.74) is -1.32. The second kappa shape index (κ2) is 6.31. The number of fused-ring (bicyclic) bond motifs is 1. The minimum Gasteiger partial charge on any atom is -0.390 e. The Kier molecular flexibility index (Phi) is 5.06. The summed E-state index contributed by atoms with van der Waals surface area (Å²) in [7, 11) is 0. The Morgan fingerprint density at radius 3 is 2.86 bits per heavy atom. The largest absolute Gasteiger partial charge is 0.390 e. The number of nitrogens with one attached hydrogen (secondary N) is 1. The number of hydrogen-bond acceptors (Lipinski definition) is 4. The Morgan fingerprint density at radius 2 is 2.38 bits per heavy atom. The van der Waals surface area contributed by atoms with Crippen molar-refractivity contribution in [3.8, 4) is 0 Å². The van der Waals surface area contributed by atoms with E-state index in [2.05, 4.69) is 31.4 Å². The molecule has 0 unspecified atom stereocenters. The van der Waals surface area contributed by atoms with E-state index in [0.717, 1.165) is 19.3 Å². The van der Waals surface area contributed by atoms with Gasteiger partial charge in [-0.25, -0.2) is 0 Å². The average molecular weight is 313 g/mol. The van der Waals surface area contributed by atoms with E-state index in [-0.39, 0.29) is 17.7 Å². The molecule has 0 spiro atoms. The fraction of sp³-hybridized carbons (Fsp3) is 0.812. The number of aliphatic hydroxyl groups excluding tert-OH is 1. The van der Waals surface area contributed by atoms with E-state index in [4.69, 9.17) is 4.74 Å². The smallest absolute Gasteiger partial charge is 0.226 e. The molecule has 120 valence electrons. The lowest BCUT2D eigenvalue weighted by molar-refractivity contribution is -0.253. The van der Waals surface area contributed by atoms with Gasteiger partial charge in [-0.3, -0.25) is 4.79 Å². The van der Waals surface area contributed by atoms with Crippen molar-refractivity contribution in [1.29, 1.82) is 0 Å². The lowest BCUT2D eigenvalue weighted by Gasteiger charge is -2.57. The third-order valence-corrected chi connectivity index (χ3v) is 5.59. The van der Waals surface area contributed by atoms with Crippen LogP contribution in [0.5, 0.6) is 0 Å². The molecule has 2 heterocycles. The maximum atomic E-state index is 12.3. The molecule has 0 saturated carbocycles. The van der Waals surface area contributed by atoms with Crippen LogP contribution in [-0.2, 0) is 9.53 Å². The van der Waals surface area contributed by atoms with Crippen molar-refractivity contribution in [2.45, 2.75) is 56.8 Å². The normalized spacial score (nSPS) is 37.3. The molecule has 5 heteroatoms. The number of carbonyl (C=O) groups is 1. The first-order chi connectivity index (χ1) is 9.96. The van der Waals surface area contributed by atoms with E-state index in [1.807, 2.05) is 13.0 Å². The van der Waals surface area contributed by atoms with Gasteiger partial charge in [-0.05, 0) is 25.5 Å². The third kappa shape index (κ3) is 2.43. The van der Waals surface area contributed by atoms with Crippen molar-refractivity contribution in [1.82, 2.24) is 5.32 Å². The molecule has 0 aromatic heterocycles.